The zero-order valence-electron chi connectivity index (χ0n) is 16.6. The lowest BCUT2D eigenvalue weighted by molar-refractivity contribution is -0.131. The Labute approximate surface area is 188 Å². The Morgan fingerprint density at radius 1 is 0.871 bits per heavy atom. The van der Waals surface area contributed by atoms with E-state index in [1.807, 2.05) is 24.3 Å². The van der Waals surface area contributed by atoms with E-state index in [2.05, 4.69) is 26.6 Å². The first-order valence-corrected chi connectivity index (χ1v) is 10.1. The van der Waals surface area contributed by atoms with Gasteiger partial charge in [-0.3, -0.25) is 14.4 Å². The Morgan fingerprint density at radius 3 is 2.23 bits per heavy atom. The van der Waals surface area contributed by atoms with E-state index in [0.29, 0.717) is 22.7 Å². The van der Waals surface area contributed by atoms with Crippen molar-refractivity contribution in [3.8, 4) is 5.75 Å². The fourth-order valence-electron chi connectivity index (χ4n) is 2.67. The Bertz CT molecular complexity index is 1140. The molecule has 31 heavy (non-hydrogen) atoms. The van der Waals surface area contributed by atoms with Crippen molar-refractivity contribution in [3.63, 3.8) is 0 Å². The van der Waals surface area contributed by atoms with E-state index in [-0.39, 0.29) is 11.8 Å². The summed E-state index contributed by atoms with van der Waals surface area (Å²) in [7, 11) is 0. The molecule has 0 aromatic heterocycles. The molecule has 0 unspecified atom stereocenters. The Morgan fingerprint density at radius 2 is 1.55 bits per heavy atom. The summed E-state index contributed by atoms with van der Waals surface area (Å²) < 4.78 is 5.93. The number of nitrogens with one attached hydrogen (secondary N) is 2. The van der Waals surface area contributed by atoms with Crippen LogP contribution in [-0.2, 0) is 9.59 Å². The second-order valence-electron chi connectivity index (χ2n) is 6.53. The molecule has 3 aromatic carbocycles. The number of ether oxygens (including phenoxy) is 1. The summed E-state index contributed by atoms with van der Waals surface area (Å²) in [6, 6.07) is 20.7. The second kappa shape index (κ2) is 10.4. The van der Waals surface area contributed by atoms with Crippen LogP contribution in [0.3, 0.4) is 0 Å². The van der Waals surface area contributed by atoms with Crippen LogP contribution in [0.1, 0.15) is 22.8 Å². The topological polar surface area (TPSA) is 84.5 Å². The predicted molar refractivity (Wildman–Crippen MR) is 124 cm³/mol. The van der Waals surface area contributed by atoms with Gasteiger partial charge in [-0.15, -0.1) is 0 Å². The monoisotopic (exact) mass is 478 g/mol. The molecule has 0 radical (unpaired) electrons. The third-order valence-electron chi connectivity index (χ3n) is 4.04. The van der Waals surface area contributed by atoms with Gasteiger partial charge in [-0.25, -0.2) is 0 Å². The van der Waals surface area contributed by atoms with E-state index in [1.54, 1.807) is 48.5 Å². The number of hydrogen-bond acceptors (Lipinski definition) is 4. The van der Waals surface area contributed by atoms with Gasteiger partial charge in [-0.05, 0) is 66.2 Å². The number of carbonyl (C=O) groups is 3. The molecule has 7 heteroatoms. The molecule has 0 spiro atoms. The lowest BCUT2D eigenvalue weighted by atomic mass is 10.2. The van der Waals surface area contributed by atoms with Crippen molar-refractivity contribution in [3.05, 3.63) is 94.5 Å². The average Bonchev–Trinajstić information content (AvgIpc) is 2.73. The first-order chi connectivity index (χ1) is 14.9. The lowest BCUT2D eigenvalue weighted by Gasteiger charge is -2.08. The lowest BCUT2D eigenvalue weighted by Crippen LogP contribution is -2.12. The molecule has 0 aliphatic carbocycles. The number of esters is 1. The van der Waals surface area contributed by atoms with E-state index >= 15 is 0 Å². The number of amides is 2. The minimum absolute atomic E-state index is 0.265. The summed E-state index contributed by atoms with van der Waals surface area (Å²) in [6.07, 6.45) is 3.17. The zero-order valence-corrected chi connectivity index (χ0v) is 18.2. The van der Waals surface area contributed by atoms with Crippen LogP contribution in [0, 0.1) is 0 Å². The van der Waals surface area contributed by atoms with Crippen LogP contribution in [0.4, 0.5) is 11.4 Å². The zero-order chi connectivity index (χ0) is 22.2. The molecule has 0 bridgehead atoms. The summed E-state index contributed by atoms with van der Waals surface area (Å²) in [4.78, 5) is 35.6. The first kappa shape index (κ1) is 22.0. The molecule has 6 nitrogen and oxygen atoms in total. The molecule has 156 valence electrons. The van der Waals surface area contributed by atoms with Gasteiger partial charge >= 0.3 is 5.97 Å². The first-order valence-electron chi connectivity index (χ1n) is 9.33. The Balaban J connectivity index is 1.58. The Hall–Kier alpha value is -3.71. The number of benzene rings is 3. The number of anilines is 2. The molecule has 2 amide bonds. The van der Waals surface area contributed by atoms with Crippen LogP contribution >= 0.6 is 15.9 Å². The van der Waals surface area contributed by atoms with Gasteiger partial charge in [0.25, 0.3) is 5.91 Å². The standard InChI is InChI=1S/C24H19BrN2O4/c1-16(28)31-22-7-3-5-18(15-22)24(30)27-21-11-9-20(10-12-21)26-23(29)13-8-17-4-2-6-19(25)14-17/h2-15H,1H3,(H,26,29)(H,27,30)/b13-8+. The molecule has 3 rings (SSSR count). The third kappa shape index (κ3) is 6.94. The van der Waals surface area contributed by atoms with Crippen LogP contribution in [0.5, 0.6) is 5.75 Å². The van der Waals surface area contributed by atoms with E-state index in [0.717, 1.165) is 10.0 Å². The number of hydrogen-bond donors (Lipinski definition) is 2. The molecule has 0 atom stereocenters. The molecular weight excluding hydrogens is 460 g/mol. The number of carbonyl (C=O) groups excluding carboxylic acids is 3. The van der Waals surface area contributed by atoms with Crippen molar-refractivity contribution in [2.45, 2.75) is 6.92 Å². The minimum Gasteiger partial charge on any atom is -0.427 e. The molecule has 0 aliphatic heterocycles. The maximum Gasteiger partial charge on any atom is 0.308 e. The van der Waals surface area contributed by atoms with Gasteiger partial charge in [0.05, 0.1) is 0 Å². The molecule has 0 aliphatic rings. The summed E-state index contributed by atoms with van der Waals surface area (Å²) in [5.41, 5.74) is 2.42. The predicted octanol–water partition coefficient (Wildman–Crippen LogP) is 5.28. The van der Waals surface area contributed by atoms with Gasteiger partial charge in [0.1, 0.15) is 5.75 Å². The summed E-state index contributed by atoms with van der Waals surface area (Å²) in [6.45, 7) is 1.30. The number of halogens is 1. The van der Waals surface area contributed by atoms with Gasteiger partial charge in [0, 0.05) is 34.4 Å². The van der Waals surface area contributed by atoms with Crippen molar-refractivity contribution in [1.29, 1.82) is 0 Å². The van der Waals surface area contributed by atoms with Crippen LogP contribution in [0.25, 0.3) is 6.08 Å². The molecular formula is C24H19BrN2O4. The largest absolute Gasteiger partial charge is 0.427 e. The van der Waals surface area contributed by atoms with Gasteiger partial charge in [-0.1, -0.05) is 34.1 Å². The van der Waals surface area contributed by atoms with E-state index in [1.165, 1.54) is 19.1 Å². The molecule has 0 saturated carbocycles. The van der Waals surface area contributed by atoms with E-state index < -0.39 is 5.97 Å². The molecule has 3 aromatic rings. The van der Waals surface area contributed by atoms with E-state index in [4.69, 9.17) is 4.74 Å². The molecule has 0 heterocycles. The van der Waals surface area contributed by atoms with Gasteiger partial charge in [0.2, 0.25) is 5.91 Å². The highest BCUT2D eigenvalue weighted by Crippen LogP contribution is 2.18. The highest BCUT2D eigenvalue weighted by atomic mass is 79.9. The van der Waals surface area contributed by atoms with Gasteiger partial charge < -0.3 is 15.4 Å². The SMILES string of the molecule is CC(=O)Oc1cccc(C(=O)Nc2ccc(NC(=O)/C=C/c3cccc(Br)c3)cc2)c1. The minimum atomic E-state index is -0.457. The highest BCUT2D eigenvalue weighted by Gasteiger charge is 2.08. The number of rotatable bonds is 6. The maximum atomic E-state index is 12.4. The van der Waals surface area contributed by atoms with Crippen LogP contribution in [0.15, 0.2) is 83.3 Å². The maximum absolute atomic E-state index is 12.4. The van der Waals surface area contributed by atoms with Crippen molar-refractivity contribution in [1.82, 2.24) is 0 Å². The normalized spacial score (nSPS) is 10.5. The average molecular weight is 479 g/mol. The van der Waals surface area contributed by atoms with Crippen LogP contribution in [0.2, 0.25) is 0 Å². The fourth-order valence-corrected chi connectivity index (χ4v) is 3.09. The summed E-state index contributed by atoms with van der Waals surface area (Å²) in [5.74, 6) is -0.766. The van der Waals surface area contributed by atoms with Crippen molar-refractivity contribution in [2.24, 2.45) is 0 Å². The Kier molecular flexibility index (Phi) is 7.35. The van der Waals surface area contributed by atoms with Crippen molar-refractivity contribution in [2.75, 3.05) is 10.6 Å². The fraction of sp³-hybridized carbons (Fsp3) is 0.0417. The van der Waals surface area contributed by atoms with Crippen LogP contribution < -0.4 is 15.4 Å². The van der Waals surface area contributed by atoms with Crippen LogP contribution in [-0.4, -0.2) is 17.8 Å². The van der Waals surface area contributed by atoms with Crippen molar-refractivity contribution >= 4 is 51.2 Å². The molecule has 0 fully saturated rings. The highest BCUT2D eigenvalue weighted by molar-refractivity contribution is 9.10. The van der Waals surface area contributed by atoms with Crippen molar-refractivity contribution < 1.29 is 19.1 Å². The second-order valence-corrected chi connectivity index (χ2v) is 7.45. The smallest absolute Gasteiger partial charge is 0.308 e. The van der Waals surface area contributed by atoms with Gasteiger partial charge in [-0.2, -0.15) is 0 Å². The molecule has 2 N–H and O–H groups in total. The summed E-state index contributed by atoms with van der Waals surface area (Å²) >= 11 is 3.39. The summed E-state index contributed by atoms with van der Waals surface area (Å²) in [5, 5.41) is 5.53. The quantitative estimate of drug-likeness (QED) is 0.286. The van der Waals surface area contributed by atoms with Gasteiger partial charge in [0.15, 0.2) is 0 Å². The third-order valence-corrected chi connectivity index (χ3v) is 4.54. The van der Waals surface area contributed by atoms with E-state index in [9.17, 15) is 14.4 Å². The molecule has 0 saturated heterocycles.